The Balaban J connectivity index is 1.51. The standard InChI is InChI=1S/C25H26F3N5O2/c1-34-21-10-9-17(20-12-19(25(26,27)28)22-24(29)30-15-31-33(20)22)13-32(21)14-18-8-5-11-35-23(18)16-6-3-2-4-7-16/h2-4,6-7,9-10,12-13,15,18,21,23H,5,8,11,14H2,1H3,(H2,29,30,31). The molecule has 2 aliphatic rings. The van der Waals surface area contributed by atoms with Crippen LogP contribution in [-0.4, -0.2) is 46.0 Å². The molecule has 2 aliphatic heterocycles. The Morgan fingerprint density at radius 1 is 1.23 bits per heavy atom. The van der Waals surface area contributed by atoms with E-state index in [-0.39, 0.29) is 35.3 Å². The maximum absolute atomic E-state index is 13.8. The van der Waals surface area contributed by atoms with Crippen LogP contribution in [0.5, 0.6) is 0 Å². The lowest BCUT2D eigenvalue weighted by Crippen LogP contribution is -2.39. The molecule has 4 heterocycles. The summed E-state index contributed by atoms with van der Waals surface area (Å²) in [4.78, 5) is 5.76. The summed E-state index contributed by atoms with van der Waals surface area (Å²) >= 11 is 0. The number of methoxy groups -OCH3 is 1. The quantitative estimate of drug-likeness (QED) is 0.565. The van der Waals surface area contributed by atoms with Crippen LogP contribution in [0.2, 0.25) is 0 Å². The van der Waals surface area contributed by atoms with Crippen LogP contribution in [0.25, 0.3) is 11.1 Å². The monoisotopic (exact) mass is 485 g/mol. The van der Waals surface area contributed by atoms with E-state index in [2.05, 4.69) is 22.2 Å². The van der Waals surface area contributed by atoms with Gasteiger partial charge in [-0.05, 0) is 30.5 Å². The number of hydrogen-bond acceptors (Lipinski definition) is 6. The van der Waals surface area contributed by atoms with Gasteiger partial charge >= 0.3 is 6.18 Å². The largest absolute Gasteiger partial charge is 0.418 e. The summed E-state index contributed by atoms with van der Waals surface area (Å²) in [5, 5.41) is 4.06. The Morgan fingerprint density at radius 3 is 2.77 bits per heavy atom. The lowest BCUT2D eigenvalue weighted by molar-refractivity contribution is -0.136. The number of rotatable bonds is 5. The number of benzene rings is 1. The van der Waals surface area contributed by atoms with Crippen LogP contribution < -0.4 is 5.73 Å². The summed E-state index contributed by atoms with van der Waals surface area (Å²) in [6.07, 6.45) is 3.44. The van der Waals surface area contributed by atoms with Crippen LogP contribution in [0.1, 0.15) is 35.8 Å². The summed E-state index contributed by atoms with van der Waals surface area (Å²) in [5.74, 6) is -0.0452. The van der Waals surface area contributed by atoms with E-state index in [0.29, 0.717) is 18.7 Å². The first-order valence-corrected chi connectivity index (χ1v) is 11.4. The van der Waals surface area contributed by atoms with Gasteiger partial charge in [0.05, 0.1) is 17.4 Å². The number of halogens is 3. The fourth-order valence-electron chi connectivity index (χ4n) is 4.92. The highest BCUT2D eigenvalue weighted by Crippen LogP contribution is 2.39. The molecule has 5 rings (SSSR count). The Bertz CT molecular complexity index is 1260. The van der Waals surface area contributed by atoms with E-state index in [1.54, 1.807) is 13.2 Å². The maximum Gasteiger partial charge on any atom is 0.418 e. The molecule has 0 saturated carbocycles. The van der Waals surface area contributed by atoms with Crippen molar-refractivity contribution in [2.45, 2.75) is 31.3 Å². The molecule has 1 aromatic carbocycles. The molecule has 1 saturated heterocycles. The van der Waals surface area contributed by atoms with E-state index in [4.69, 9.17) is 15.2 Å². The van der Waals surface area contributed by atoms with Crippen molar-refractivity contribution < 1.29 is 22.6 Å². The zero-order chi connectivity index (χ0) is 24.6. The number of aromatic nitrogens is 3. The molecule has 0 amide bonds. The Hall–Kier alpha value is -3.37. The number of fused-ring (bicyclic) bond motifs is 1. The van der Waals surface area contributed by atoms with Gasteiger partial charge in [-0.1, -0.05) is 36.4 Å². The minimum atomic E-state index is -4.60. The minimum Gasteiger partial charge on any atom is -0.382 e. The third kappa shape index (κ3) is 4.51. The molecule has 1 fully saturated rings. The third-order valence-electron chi connectivity index (χ3n) is 6.52. The van der Waals surface area contributed by atoms with E-state index in [0.717, 1.165) is 30.8 Å². The molecule has 3 unspecified atom stereocenters. The second-order valence-corrected chi connectivity index (χ2v) is 8.72. The van der Waals surface area contributed by atoms with Crippen LogP contribution in [0, 0.1) is 5.92 Å². The second kappa shape index (κ2) is 9.35. The van der Waals surface area contributed by atoms with Gasteiger partial charge in [0.15, 0.2) is 5.82 Å². The highest BCUT2D eigenvalue weighted by Gasteiger charge is 2.37. The number of hydrogen-bond donors (Lipinski definition) is 1. The van der Waals surface area contributed by atoms with E-state index < -0.39 is 11.7 Å². The number of anilines is 1. The van der Waals surface area contributed by atoms with Crippen molar-refractivity contribution in [2.24, 2.45) is 5.92 Å². The van der Waals surface area contributed by atoms with Crippen LogP contribution in [0.3, 0.4) is 0 Å². The summed E-state index contributed by atoms with van der Waals surface area (Å²) < 4.78 is 54.3. The van der Waals surface area contributed by atoms with Gasteiger partial charge in [0, 0.05) is 38.0 Å². The van der Waals surface area contributed by atoms with E-state index in [1.807, 2.05) is 35.4 Å². The summed E-state index contributed by atoms with van der Waals surface area (Å²) in [6, 6.07) is 11.1. The number of alkyl halides is 3. The average molecular weight is 486 g/mol. The SMILES string of the molecule is COC1C=CC(c2cc(C(F)(F)F)c3c(N)ncnn23)=CN1CC1CCCOC1c1ccccc1. The number of ether oxygens (including phenoxy) is 2. The lowest BCUT2D eigenvalue weighted by atomic mass is 9.88. The number of nitrogens with two attached hydrogens (primary N) is 1. The molecule has 0 spiro atoms. The highest BCUT2D eigenvalue weighted by molar-refractivity contribution is 5.81. The lowest BCUT2D eigenvalue weighted by Gasteiger charge is -2.38. The first kappa shape index (κ1) is 23.4. The van der Waals surface area contributed by atoms with Gasteiger partial charge < -0.3 is 20.1 Å². The van der Waals surface area contributed by atoms with Crippen molar-refractivity contribution in [3.63, 3.8) is 0 Å². The van der Waals surface area contributed by atoms with Crippen LogP contribution in [0.15, 0.2) is 61.1 Å². The normalized spacial score (nSPS) is 23.0. The topological polar surface area (TPSA) is 77.9 Å². The van der Waals surface area contributed by atoms with Crippen molar-refractivity contribution in [3.05, 3.63) is 77.9 Å². The van der Waals surface area contributed by atoms with Gasteiger partial charge in [-0.25, -0.2) is 9.50 Å². The Labute approximate surface area is 200 Å². The molecule has 0 bridgehead atoms. The second-order valence-electron chi connectivity index (χ2n) is 8.72. The number of nitrogens with zero attached hydrogens (tertiary/aromatic N) is 4. The smallest absolute Gasteiger partial charge is 0.382 e. The molecule has 2 N–H and O–H groups in total. The van der Waals surface area contributed by atoms with E-state index in [9.17, 15) is 13.2 Å². The van der Waals surface area contributed by atoms with Crippen LogP contribution in [0.4, 0.5) is 19.0 Å². The van der Waals surface area contributed by atoms with Gasteiger partial charge in [-0.3, -0.25) is 0 Å². The summed E-state index contributed by atoms with van der Waals surface area (Å²) in [6.45, 7) is 1.31. The molecule has 0 radical (unpaired) electrons. The average Bonchev–Trinajstić information content (AvgIpc) is 3.27. The van der Waals surface area contributed by atoms with Crippen molar-refractivity contribution in [3.8, 4) is 0 Å². The van der Waals surface area contributed by atoms with Crippen molar-refractivity contribution in [2.75, 3.05) is 26.0 Å². The highest BCUT2D eigenvalue weighted by atomic mass is 19.4. The number of nitrogen functional groups attached to an aromatic ring is 1. The van der Waals surface area contributed by atoms with Gasteiger partial charge in [-0.15, -0.1) is 0 Å². The van der Waals surface area contributed by atoms with Gasteiger partial charge in [0.2, 0.25) is 0 Å². The van der Waals surface area contributed by atoms with Gasteiger partial charge in [0.1, 0.15) is 18.1 Å². The van der Waals surface area contributed by atoms with Gasteiger partial charge in [0.25, 0.3) is 0 Å². The summed E-state index contributed by atoms with van der Waals surface area (Å²) in [7, 11) is 1.61. The predicted octanol–water partition coefficient (Wildman–Crippen LogP) is 4.68. The zero-order valence-corrected chi connectivity index (χ0v) is 19.2. The fraction of sp³-hybridized carbons (Fsp3) is 0.360. The van der Waals surface area contributed by atoms with Crippen molar-refractivity contribution in [1.82, 2.24) is 19.5 Å². The first-order valence-electron chi connectivity index (χ1n) is 11.4. The van der Waals surface area contributed by atoms with E-state index in [1.165, 1.54) is 4.52 Å². The maximum atomic E-state index is 13.8. The minimum absolute atomic E-state index is 0.0660. The fourth-order valence-corrected chi connectivity index (χ4v) is 4.92. The molecule has 3 atom stereocenters. The molecule has 0 aliphatic carbocycles. The van der Waals surface area contributed by atoms with Gasteiger partial charge in [-0.2, -0.15) is 18.3 Å². The molecule has 7 nitrogen and oxygen atoms in total. The zero-order valence-electron chi connectivity index (χ0n) is 19.2. The van der Waals surface area contributed by atoms with Crippen molar-refractivity contribution >= 4 is 16.9 Å². The Kier molecular flexibility index (Phi) is 6.24. The van der Waals surface area contributed by atoms with Crippen molar-refractivity contribution in [1.29, 1.82) is 0 Å². The first-order chi connectivity index (χ1) is 16.9. The third-order valence-corrected chi connectivity index (χ3v) is 6.52. The molecular formula is C25H26F3N5O2. The molecule has 35 heavy (non-hydrogen) atoms. The molecule has 3 aromatic rings. The Morgan fingerprint density at radius 2 is 2.03 bits per heavy atom. The molecular weight excluding hydrogens is 459 g/mol. The molecule has 10 heteroatoms. The van der Waals surface area contributed by atoms with Crippen LogP contribution >= 0.6 is 0 Å². The molecule has 2 aromatic heterocycles. The molecule has 184 valence electrons. The van der Waals surface area contributed by atoms with Crippen LogP contribution in [-0.2, 0) is 15.7 Å². The van der Waals surface area contributed by atoms with E-state index >= 15 is 0 Å². The summed E-state index contributed by atoms with van der Waals surface area (Å²) in [5.41, 5.74) is 6.64. The predicted molar refractivity (Wildman–Crippen MR) is 125 cm³/mol. The number of allylic oxidation sites excluding steroid dienone is 2.